The number of rotatable bonds is 5. The molecule has 0 unspecified atom stereocenters. The van der Waals surface area contributed by atoms with E-state index in [-0.39, 0.29) is 17.9 Å². The lowest BCUT2D eigenvalue weighted by atomic mass is 10.0. The number of carbonyl (C=O) groups excluding carboxylic acids is 2. The number of aryl methyl sites for hydroxylation is 1. The van der Waals surface area contributed by atoms with Crippen molar-refractivity contribution in [1.29, 1.82) is 0 Å². The van der Waals surface area contributed by atoms with Gasteiger partial charge in [0.2, 0.25) is 0 Å². The summed E-state index contributed by atoms with van der Waals surface area (Å²) in [5.74, 6) is 0.155. The molecule has 0 spiro atoms. The molecular formula is C31H42N4O2. The average molecular weight is 503 g/mol. The Morgan fingerprint density at radius 3 is 2.08 bits per heavy atom. The molecule has 0 aromatic heterocycles. The third kappa shape index (κ3) is 6.35. The lowest BCUT2D eigenvalue weighted by Gasteiger charge is -2.40. The van der Waals surface area contributed by atoms with Crippen LogP contribution in [0.2, 0.25) is 0 Å². The molecule has 2 aromatic carbocycles. The van der Waals surface area contributed by atoms with Crippen LogP contribution in [0.4, 0.5) is 5.69 Å². The number of carbonyl (C=O) groups is 2. The normalized spacial score (nSPS) is 20.5. The first-order chi connectivity index (χ1) is 18.1. The van der Waals surface area contributed by atoms with E-state index in [1.165, 1.54) is 38.5 Å². The fourth-order valence-corrected chi connectivity index (χ4v) is 6.25. The Balaban J connectivity index is 1.16. The molecule has 0 bridgehead atoms. The van der Waals surface area contributed by atoms with Crippen LogP contribution >= 0.6 is 0 Å². The molecule has 2 aromatic rings. The van der Waals surface area contributed by atoms with Crippen LogP contribution in [0.15, 0.2) is 48.5 Å². The molecule has 37 heavy (non-hydrogen) atoms. The van der Waals surface area contributed by atoms with Crippen molar-refractivity contribution in [3.8, 4) is 0 Å². The molecule has 5 rings (SSSR count). The Labute approximate surface area is 222 Å². The molecule has 3 aliphatic rings. The first-order valence-corrected chi connectivity index (χ1v) is 14.3. The smallest absolute Gasteiger partial charge is 0.256 e. The van der Waals surface area contributed by atoms with Gasteiger partial charge in [0.15, 0.2) is 0 Å². The first kappa shape index (κ1) is 25.8. The Bertz CT molecular complexity index is 1050. The zero-order chi connectivity index (χ0) is 25.6. The Morgan fingerprint density at radius 1 is 0.757 bits per heavy atom. The fraction of sp³-hybridized carbons (Fsp3) is 0.548. The monoisotopic (exact) mass is 502 g/mol. The van der Waals surface area contributed by atoms with Gasteiger partial charge in [0.1, 0.15) is 0 Å². The van der Waals surface area contributed by atoms with E-state index in [9.17, 15) is 9.59 Å². The quantitative estimate of drug-likeness (QED) is 0.593. The maximum absolute atomic E-state index is 13.6. The van der Waals surface area contributed by atoms with Crippen molar-refractivity contribution in [3.63, 3.8) is 0 Å². The van der Waals surface area contributed by atoms with Crippen molar-refractivity contribution in [2.45, 2.75) is 70.4 Å². The topological polar surface area (TPSA) is 55.9 Å². The molecule has 2 heterocycles. The number of piperazine rings is 1. The van der Waals surface area contributed by atoms with E-state index >= 15 is 0 Å². The summed E-state index contributed by atoms with van der Waals surface area (Å²) in [6.07, 6.45) is 9.84. The molecule has 198 valence electrons. The van der Waals surface area contributed by atoms with Crippen LogP contribution in [0.3, 0.4) is 0 Å². The minimum atomic E-state index is -0.00276. The number of hydrogen-bond acceptors (Lipinski definition) is 4. The number of anilines is 1. The van der Waals surface area contributed by atoms with Crippen LogP contribution in [0.1, 0.15) is 77.6 Å². The van der Waals surface area contributed by atoms with Crippen LogP contribution in [-0.2, 0) is 0 Å². The molecule has 6 nitrogen and oxygen atoms in total. The zero-order valence-corrected chi connectivity index (χ0v) is 22.3. The van der Waals surface area contributed by atoms with Crippen LogP contribution < -0.4 is 10.2 Å². The van der Waals surface area contributed by atoms with E-state index in [0.717, 1.165) is 68.9 Å². The minimum absolute atomic E-state index is 0.00276. The fourth-order valence-electron chi connectivity index (χ4n) is 6.25. The minimum Gasteiger partial charge on any atom is -0.371 e. The van der Waals surface area contributed by atoms with Gasteiger partial charge in [-0.3, -0.25) is 14.5 Å². The van der Waals surface area contributed by atoms with E-state index < -0.39 is 0 Å². The van der Waals surface area contributed by atoms with E-state index in [0.29, 0.717) is 11.6 Å². The van der Waals surface area contributed by atoms with Crippen LogP contribution in [0.5, 0.6) is 0 Å². The number of amides is 2. The number of hydrogen-bond donors (Lipinski definition) is 1. The van der Waals surface area contributed by atoms with Gasteiger partial charge in [0.05, 0.1) is 5.56 Å². The van der Waals surface area contributed by atoms with E-state index in [4.69, 9.17) is 0 Å². The number of nitrogens with zero attached hydrogens (tertiary/aromatic N) is 3. The van der Waals surface area contributed by atoms with Gasteiger partial charge in [-0.15, -0.1) is 0 Å². The molecule has 2 saturated heterocycles. The highest BCUT2D eigenvalue weighted by Crippen LogP contribution is 2.27. The van der Waals surface area contributed by atoms with Crippen molar-refractivity contribution in [2.75, 3.05) is 44.2 Å². The first-order valence-electron chi connectivity index (χ1n) is 14.3. The molecule has 1 saturated carbocycles. The second-order valence-corrected chi connectivity index (χ2v) is 11.1. The zero-order valence-electron chi connectivity index (χ0n) is 22.3. The molecule has 2 aliphatic heterocycles. The number of benzene rings is 2. The summed E-state index contributed by atoms with van der Waals surface area (Å²) in [5, 5.41) is 3.21. The summed E-state index contributed by atoms with van der Waals surface area (Å²) in [7, 11) is 0. The molecule has 3 fully saturated rings. The largest absolute Gasteiger partial charge is 0.371 e. The van der Waals surface area contributed by atoms with Gasteiger partial charge in [-0.1, -0.05) is 55.5 Å². The molecular weight excluding hydrogens is 460 g/mol. The van der Waals surface area contributed by atoms with Gasteiger partial charge in [0, 0.05) is 62.6 Å². The molecule has 2 amide bonds. The van der Waals surface area contributed by atoms with Crippen LogP contribution in [0, 0.1) is 6.92 Å². The maximum atomic E-state index is 13.6. The summed E-state index contributed by atoms with van der Waals surface area (Å²) in [4.78, 5) is 33.3. The standard InChI is InChI=1S/C31H42N4O2/c1-24-12-14-25(15-13-24)30(36)32-26-16-18-34(19-17-26)29-11-7-6-10-28(29)31(37)35-22-20-33(21-23-35)27-8-4-2-3-5-9-27/h6-7,10-15,26-27H,2-5,8-9,16-23H2,1H3,(H,32,36). The Kier molecular flexibility index (Phi) is 8.45. The van der Waals surface area contributed by atoms with Crippen molar-refractivity contribution in [1.82, 2.24) is 15.1 Å². The second-order valence-electron chi connectivity index (χ2n) is 11.1. The van der Waals surface area contributed by atoms with Crippen molar-refractivity contribution < 1.29 is 9.59 Å². The Hall–Kier alpha value is -2.86. The van der Waals surface area contributed by atoms with Crippen LogP contribution in [-0.4, -0.2) is 73.0 Å². The van der Waals surface area contributed by atoms with Crippen molar-refractivity contribution >= 4 is 17.5 Å². The summed E-state index contributed by atoms with van der Waals surface area (Å²) >= 11 is 0. The highest BCUT2D eigenvalue weighted by molar-refractivity contribution is 6.00. The molecule has 0 radical (unpaired) electrons. The predicted molar refractivity (Wildman–Crippen MR) is 149 cm³/mol. The van der Waals surface area contributed by atoms with Gasteiger partial charge >= 0.3 is 0 Å². The van der Waals surface area contributed by atoms with Gasteiger partial charge < -0.3 is 15.1 Å². The van der Waals surface area contributed by atoms with Gasteiger partial charge in [-0.05, 0) is 56.9 Å². The second kappa shape index (κ2) is 12.1. The number of para-hydroxylation sites is 1. The summed E-state index contributed by atoms with van der Waals surface area (Å²) in [6.45, 7) is 7.30. The lowest BCUT2D eigenvalue weighted by Crippen LogP contribution is -2.52. The highest BCUT2D eigenvalue weighted by Gasteiger charge is 2.29. The summed E-state index contributed by atoms with van der Waals surface area (Å²) in [5.41, 5.74) is 3.71. The van der Waals surface area contributed by atoms with E-state index in [2.05, 4.69) is 26.1 Å². The van der Waals surface area contributed by atoms with Crippen LogP contribution in [0.25, 0.3) is 0 Å². The molecule has 0 atom stereocenters. The maximum Gasteiger partial charge on any atom is 0.256 e. The van der Waals surface area contributed by atoms with Gasteiger partial charge in [0.25, 0.3) is 11.8 Å². The summed E-state index contributed by atoms with van der Waals surface area (Å²) in [6, 6.07) is 16.7. The molecule has 1 aliphatic carbocycles. The van der Waals surface area contributed by atoms with Crippen molar-refractivity contribution in [3.05, 3.63) is 65.2 Å². The highest BCUT2D eigenvalue weighted by atomic mass is 16.2. The van der Waals surface area contributed by atoms with E-state index in [1.807, 2.05) is 49.4 Å². The average Bonchev–Trinajstić information content (AvgIpc) is 3.23. The number of nitrogens with one attached hydrogen (secondary N) is 1. The lowest BCUT2D eigenvalue weighted by molar-refractivity contribution is 0.0552. The summed E-state index contributed by atoms with van der Waals surface area (Å²) < 4.78 is 0. The predicted octanol–water partition coefficient (Wildman–Crippen LogP) is 4.87. The van der Waals surface area contributed by atoms with Gasteiger partial charge in [-0.2, -0.15) is 0 Å². The van der Waals surface area contributed by atoms with Crippen molar-refractivity contribution in [2.24, 2.45) is 0 Å². The Morgan fingerprint density at radius 2 is 1.41 bits per heavy atom. The van der Waals surface area contributed by atoms with E-state index in [1.54, 1.807) is 0 Å². The number of piperidine rings is 1. The molecule has 1 N–H and O–H groups in total. The third-order valence-corrected chi connectivity index (χ3v) is 8.56. The third-order valence-electron chi connectivity index (χ3n) is 8.56. The molecule has 6 heteroatoms. The van der Waals surface area contributed by atoms with Gasteiger partial charge in [-0.25, -0.2) is 0 Å². The SMILES string of the molecule is Cc1ccc(C(=O)NC2CCN(c3ccccc3C(=O)N3CCN(C4CCCCCC4)CC3)CC2)cc1.